The molecule has 1 N–H and O–H groups in total. The molecule has 4 aliphatic carbocycles. The predicted molar refractivity (Wildman–Crippen MR) is 82.9 cm³/mol. The van der Waals surface area contributed by atoms with E-state index in [1.165, 1.54) is 38.2 Å². The highest BCUT2D eigenvalue weighted by atomic mass is 19.4. The Bertz CT molecular complexity index is 524. The second-order valence-corrected chi connectivity index (χ2v) is 7.74. The van der Waals surface area contributed by atoms with Gasteiger partial charge in [-0.15, -0.1) is 0 Å². The van der Waals surface area contributed by atoms with E-state index >= 15 is 0 Å². The van der Waals surface area contributed by atoms with Crippen LogP contribution >= 0.6 is 0 Å². The fourth-order valence-electron chi connectivity index (χ4n) is 5.54. The number of hydrogen-bond donors (Lipinski definition) is 1. The Morgan fingerprint density at radius 1 is 1.00 bits per heavy atom. The summed E-state index contributed by atoms with van der Waals surface area (Å²) in [5.41, 5.74) is -0.691. The molecule has 0 aromatic carbocycles. The van der Waals surface area contributed by atoms with E-state index < -0.39 is 11.7 Å². The second kappa shape index (κ2) is 5.67. The Kier molecular flexibility index (Phi) is 3.77. The van der Waals surface area contributed by atoms with Crippen LogP contribution in [0.2, 0.25) is 0 Å². The summed E-state index contributed by atoms with van der Waals surface area (Å²) in [7, 11) is 0. The topological polar surface area (TPSA) is 24.9 Å². The standard InChI is InChI=1S/C18H23F3N2/c19-18(20,21)15-1-2-17(23-10-15)22-4-3-16-13-6-11-5-12(8-13)9-14(16)7-11/h1-2,10-14,16H,3-9H2,(H,22,23). The molecule has 0 unspecified atom stereocenters. The van der Waals surface area contributed by atoms with Gasteiger partial charge in [0.15, 0.2) is 0 Å². The summed E-state index contributed by atoms with van der Waals surface area (Å²) in [4.78, 5) is 3.89. The highest BCUT2D eigenvalue weighted by Gasteiger charge is 2.47. The van der Waals surface area contributed by atoms with E-state index in [1.807, 2.05) is 0 Å². The van der Waals surface area contributed by atoms with Gasteiger partial charge in [0, 0.05) is 12.7 Å². The normalized spacial score (nSPS) is 35.5. The molecule has 0 saturated heterocycles. The third-order valence-corrected chi connectivity index (χ3v) is 6.30. The van der Waals surface area contributed by atoms with Crippen LogP contribution in [-0.4, -0.2) is 11.5 Å². The first kappa shape index (κ1) is 15.3. The van der Waals surface area contributed by atoms with Crippen molar-refractivity contribution in [3.63, 3.8) is 0 Å². The lowest BCUT2D eigenvalue weighted by atomic mass is 9.51. The molecule has 0 amide bonds. The number of nitrogens with zero attached hydrogens (tertiary/aromatic N) is 1. The highest BCUT2D eigenvalue weighted by Crippen LogP contribution is 2.57. The molecule has 2 nitrogen and oxygen atoms in total. The minimum absolute atomic E-state index is 0.543. The Balaban J connectivity index is 1.30. The number of anilines is 1. The third kappa shape index (κ3) is 3.07. The lowest BCUT2D eigenvalue weighted by molar-refractivity contribution is -0.137. The van der Waals surface area contributed by atoms with Gasteiger partial charge in [0.2, 0.25) is 0 Å². The van der Waals surface area contributed by atoms with Crippen LogP contribution in [0.5, 0.6) is 0 Å². The molecule has 5 rings (SSSR count). The summed E-state index contributed by atoms with van der Waals surface area (Å²) < 4.78 is 37.6. The molecular formula is C18H23F3N2. The van der Waals surface area contributed by atoms with Crippen molar-refractivity contribution in [3.8, 4) is 0 Å². The van der Waals surface area contributed by atoms with Crippen molar-refractivity contribution >= 4 is 5.82 Å². The lowest BCUT2D eigenvalue weighted by Gasteiger charge is -2.54. The van der Waals surface area contributed by atoms with Crippen LogP contribution in [0.4, 0.5) is 19.0 Å². The minimum Gasteiger partial charge on any atom is -0.370 e. The molecule has 0 atom stereocenters. The Hall–Kier alpha value is -1.26. The second-order valence-electron chi connectivity index (χ2n) is 7.74. The summed E-state index contributed by atoms with van der Waals surface area (Å²) >= 11 is 0. The first-order chi connectivity index (χ1) is 11.0. The van der Waals surface area contributed by atoms with Crippen LogP contribution < -0.4 is 5.32 Å². The summed E-state index contributed by atoms with van der Waals surface area (Å²) in [6.07, 6.45) is 4.83. The Morgan fingerprint density at radius 3 is 2.17 bits per heavy atom. The van der Waals surface area contributed by atoms with Gasteiger partial charge in [-0.3, -0.25) is 0 Å². The first-order valence-corrected chi connectivity index (χ1v) is 8.76. The zero-order chi connectivity index (χ0) is 16.0. The number of pyridine rings is 1. The average molecular weight is 324 g/mol. The molecule has 0 radical (unpaired) electrons. The molecule has 23 heavy (non-hydrogen) atoms. The number of nitrogens with one attached hydrogen (secondary N) is 1. The predicted octanol–water partition coefficient (Wildman–Crippen LogP) is 4.97. The Morgan fingerprint density at radius 2 is 1.65 bits per heavy atom. The van der Waals surface area contributed by atoms with Gasteiger partial charge in [-0.1, -0.05) is 0 Å². The first-order valence-electron chi connectivity index (χ1n) is 8.76. The monoisotopic (exact) mass is 324 g/mol. The third-order valence-electron chi connectivity index (χ3n) is 6.30. The number of alkyl halides is 3. The molecule has 1 heterocycles. The van der Waals surface area contributed by atoms with Gasteiger partial charge in [0.1, 0.15) is 5.82 Å². The molecule has 4 bridgehead atoms. The molecular weight excluding hydrogens is 301 g/mol. The maximum Gasteiger partial charge on any atom is 0.417 e. The van der Waals surface area contributed by atoms with Crippen molar-refractivity contribution in [2.24, 2.45) is 29.6 Å². The molecule has 4 saturated carbocycles. The van der Waals surface area contributed by atoms with Crippen molar-refractivity contribution in [2.45, 2.75) is 44.7 Å². The van der Waals surface area contributed by atoms with Gasteiger partial charge in [-0.05, 0) is 80.2 Å². The maximum atomic E-state index is 12.5. The van der Waals surface area contributed by atoms with Crippen LogP contribution in [0.3, 0.4) is 0 Å². The smallest absolute Gasteiger partial charge is 0.370 e. The summed E-state index contributed by atoms with van der Waals surface area (Å²) in [5.74, 6) is 5.12. The van der Waals surface area contributed by atoms with Crippen molar-refractivity contribution < 1.29 is 13.2 Å². The van der Waals surface area contributed by atoms with Gasteiger partial charge < -0.3 is 5.32 Å². The zero-order valence-electron chi connectivity index (χ0n) is 13.1. The van der Waals surface area contributed by atoms with Crippen molar-refractivity contribution in [3.05, 3.63) is 23.9 Å². The number of hydrogen-bond acceptors (Lipinski definition) is 2. The summed E-state index contributed by atoms with van der Waals surface area (Å²) in [6.45, 7) is 0.811. The van der Waals surface area contributed by atoms with E-state index in [2.05, 4.69) is 10.3 Å². The van der Waals surface area contributed by atoms with Gasteiger partial charge in [0.05, 0.1) is 5.56 Å². The van der Waals surface area contributed by atoms with Crippen LogP contribution in [-0.2, 0) is 6.18 Å². The van der Waals surface area contributed by atoms with Crippen LogP contribution in [0.15, 0.2) is 18.3 Å². The average Bonchev–Trinajstić information content (AvgIpc) is 2.49. The van der Waals surface area contributed by atoms with Crippen molar-refractivity contribution in [1.29, 1.82) is 0 Å². The van der Waals surface area contributed by atoms with E-state index in [0.717, 1.165) is 54.8 Å². The zero-order valence-corrected chi connectivity index (χ0v) is 13.1. The number of halogens is 3. The summed E-state index contributed by atoms with van der Waals surface area (Å²) in [6, 6.07) is 2.53. The van der Waals surface area contributed by atoms with E-state index in [-0.39, 0.29) is 0 Å². The molecule has 4 fully saturated rings. The molecule has 126 valence electrons. The highest BCUT2D eigenvalue weighted by molar-refractivity contribution is 5.36. The quantitative estimate of drug-likeness (QED) is 0.845. The molecule has 4 aliphatic rings. The molecule has 1 aromatic rings. The lowest BCUT2D eigenvalue weighted by Crippen LogP contribution is -2.45. The van der Waals surface area contributed by atoms with Gasteiger partial charge in [-0.2, -0.15) is 13.2 Å². The van der Waals surface area contributed by atoms with Crippen LogP contribution in [0, 0.1) is 29.6 Å². The molecule has 1 aromatic heterocycles. The molecule has 0 aliphatic heterocycles. The van der Waals surface area contributed by atoms with Crippen LogP contribution in [0.1, 0.15) is 44.1 Å². The van der Waals surface area contributed by atoms with Gasteiger partial charge in [0.25, 0.3) is 0 Å². The SMILES string of the molecule is FC(F)(F)c1ccc(NCCC2C3CC4CC(C3)CC2C4)nc1. The summed E-state index contributed by atoms with van der Waals surface area (Å²) in [5, 5.41) is 3.20. The largest absolute Gasteiger partial charge is 0.417 e. The number of aromatic nitrogens is 1. The van der Waals surface area contributed by atoms with Crippen molar-refractivity contribution in [1.82, 2.24) is 4.98 Å². The molecule has 0 spiro atoms. The van der Waals surface area contributed by atoms with Gasteiger partial charge >= 0.3 is 6.18 Å². The molecule has 5 heteroatoms. The number of rotatable bonds is 4. The Labute approximate surface area is 134 Å². The minimum atomic E-state index is -4.31. The van der Waals surface area contributed by atoms with Crippen molar-refractivity contribution in [2.75, 3.05) is 11.9 Å². The fraction of sp³-hybridized carbons (Fsp3) is 0.722. The van der Waals surface area contributed by atoms with Crippen LogP contribution in [0.25, 0.3) is 0 Å². The van der Waals surface area contributed by atoms with Gasteiger partial charge in [-0.25, -0.2) is 4.98 Å². The fourth-order valence-corrected chi connectivity index (χ4v) is 5.54. The van der Waals surface area contributed by atoms with E-state index in [9.17, 15) is 13.2 Å². The maximum absolute atomic E-state index is 12.5. The van der Waals surface area contributed by atoms with E-state index in [0.29, 0.717) is 5.82 Å². The van der Waals surface area contributed by atoms with E-state index in [4.69, 9.17) is 0 Å². The van der Waals surface area contributed by atoms with E-state index in [1.54, 1.807) is 0 Å².